The maximum Gasteiger partial charge on any atom is 0.248 e. The number of aliphatic hydroxyl groups is 3. The third-order valence-electron chi connectivity index (χ3n) is 8.55. The van der Waals surface area contributed by atoms with Crippen LogP contribution in [0, 0.1) is 5.92 Å². The minimum Gasteiger partial charge on any atom is -0.396 e. The molecule has 1 amide bonds. The lowest BCUT2D eigenvalue weighted by atomic mass is 9.97. The first-order valence-corrected chi connectivity index (χ1v) is 17.8. The number of rotatable bonds is 32. The van der Waals surface area contributed by atoms with Gasteiger partial charge in [-0.3, -0.25) is 4.79 Å². The van der Waals surface area contributed by atoms with Crippen LogP contribution in [0.4, 0.5) is 0 Å². The second-order valence-electron chi connectivity index (χ2n) is 12.5. The molecule has 0 aromatic rings. The number of amides is 1. The number of nitrogens with one attached hydrogen (secondary N) is 1. The van der Waals surface area contributed by atoms with Gasteiger partial charge in [-0.25, -0.2) is 0 Å². The summed E-state index contributed by atoms with van der Waals surface area (Å²) in [6, 6.07) is 0. The van der Waals surface area contributed by atoms with Crippen molar-refractivity contribution in [2.75, 3.05) is 13.2 Å². The molecule has 5 nitrogen and oxygen atoms in total. The van der Waals surface area contributed by atoms with Gasteiger partial charge in [0, 0.05) is 12.5 Å². The van der Waals surface area contributed by atoms with E-state index in [9.17, 15) is 20.1 Å². The molecule has 0 bridgehead atoms. The van der Waals surface area contributed by atoms with Crippen molar-refractivity contribution in [3.8, 4) is 0 Å². The van der Waals surface area contributed by atoms with Crippen molar-refractivity contribution in [2.24, 2.45) is 5.92 Å². The third-order valence-corrected chi connectivity index (χ3v) is 8.55. The standard InChI is InChI=1S/C35H71NO4/c1-3-5-7-9-11-13-15-16-17-19-21-23-25-27-29-34(39)35(40)36-30-32(31-37)33(38)28-26-24-22-20-18-14-12-10-8-6-4-2/h32-34,37-39H,3-31H2,1-2H3,(H,36,40). The Morgan fingerprint density at radius 3 is 1.20 bits per heavy atom. The Balaban J connectivity index is 3.66. The van der Waals surface area contributed by atoms with E-state index in [4.69, 9.17) is 0 Å². The van der Waals surface area contributed by atoms with Crippen LogP contribution in [0.15, 0.2) is 0 Å². The van der Waals surface area contributed by atoms with Crippen LogP contribution in [0.3, 0.4) is 0 Å². The van der Waals surface area contributed by atoms with Gasteiger partial charge in [0.2, 0.25) is 5.91 Å². The van der Waals surface area contributed by atoms with Gasteiger partial charge in [0.05, 0.1) is 12.7 Å². The summed E-state index contributed by atoms with van der Waals surface area (Å²) in [5.41, 5.74) is 0. The van der Waals surface area contributed by atoms with Gasteiger partial charge in [-0.2, -0.15) is 0 Å². The van der Waals surface area contributed by atoms with Crippen LogP contribution in [-0.2, 0) is 4.79 Å². The number of unbranched alkanes of at least 4 members (excludes halogenated alkanes) is 23. The fourth-order valence-corrected chi connectivity index (χ4v) is 5.59. The topological polar surface area (TPSA) is 89.8 Å². The number of aliphatic hydroxyl groups excluding tert-OH is 3. The largest absolute Gasteiger partial charge is 0.396 e. The fraction of sp³-hybridized carbons (Fsp3) is 0.971. The molecule has 3 atom stereocenters. The lowest BCUT2D eigenvalue weighted by Gasteiger charge is -2.22. The van der Waals surface area contributed by atoms with Crippen molar-refractivity contribution in [1.82, 2.24) is 5.32 Å². The summed E-state index contributed by atoms with van der Waals surface area (Å²) >= 11 is 0. The summed E-state index contributed by atoms with van der Waals surface area (Å²) in [6.07, 6.45) is 31.4. The molecule has 0 aliphatic rings. The second kappa shape index (κ2) is 31.3. The molecule has 0 aliphatic carbocycles. The molecule has 0 fully saturated rings. The fourth-order valence-electron chi connectivity index (χ4n) is 5.59. The summed E-state index contributed by atoms with van der Waals surface area (Å²) in [4.78, 5) is 12.3. The van der Waals surface area contributed by atoms with Gasteiger partial charge in [0.15, 0.2) is 0 Å². The summed E-state index contributed by atoms with van der Waals surface area (Å²) in [5.74, 6) is -0.754. The molecular formula is C35H71NO4. The van der Waals surface area contributed by atoms with Crippen molar-refractivity contribution in [2.45, 2.75) is 199 Å². The maximum atomic E-state index is 12.3. The van der Waals surface area contributed by atoms with Crippen molar-refractivity contribution in [3.05, 3.63) is 0 Å². The Morgan fingerprint density at radius 2 is 0.850 bits per heavy atom. The molecule has 0 aromatic heterocycles. The molecule has 5 heteroatoms. The second-order valence-corrected chi connectivity index (χ2v) is 12.5. The summed E-state index contributed by atoms with van der Waals surface area (Å²) < 4.78 is 0. The van der Waals surface area contributed by atoms with E-state index in [0.29, 0.717) is 12.8 Å². The molecule has 4 N–H and O–H groups in total. The Bertz CT molecular complexity index is 516. The van der Waals surface area contributed by atoms with Crippen LogP contribution in [0.5, 0.6) is 0 Å². The highest BCUT2D eigenvalue weighted by Crippen LogP contribution is 2.16. The molecule has 0 spiro atoms. The van der Waals surface area contributed by atoms with E-state index < -0.39 is 12.2 Å². The molecule has 240 valence electrons. The minimum absolute atomic E-state index is 0.158. The average molecular weight is 570 g/mol. The predicted octanol–water partition coefficient (Wildman–Crippen LogP) is 9.01. The van der Waals surface area contributed by atoms with Gasteiger partial charge in [-0.1, -0.05) is 174 Å². The summed E-state index contributed by atoms with van der Waals surface area (Å²) in [5, 5.41) is 33.1. The smallest absolute Gasteiger partial charge is 0.248 e. The Labute approximate surface area is 249 Å². The molecule has 0 aromatic carbocycles. The van der Waals surface area contributed by atoms with E-state index in [2.05, 4.69) is 19.2 Å². The highest BCUT2D eigenvalue weighted by molar-refractivity contribution is 5.80. The van der Waals surface area contributed by atoms with E-state index >= 15 is 0 Å². The monoisotopic (exact) mass is 570 g/mol. The third kappa shape index (κ3) is 26.3. The molecule has 0 saturated heterocycles. The lowest BCUT2D eigenvalue weighted by molar-refractivity contribution is -0.130. The van der Waals surface area contributed by atoms with Crippen molar-refractivity contribution < 1.29 is 20.1 Å². The van der Waals surface area contributed by atoms with E-state index in [1.54, 1.807) is 0 Å². The number of hydrogen-bond acceptors (Lipinski definition) is 4. The highest BCUT2D eigenvalue weighted by atomic mass is 16.3. The van der Waals surface area contributed by atoms with Crippen molar-refractivity contribution in [1.29, 1.82) is 0 Å². The number of carbonyl (C=O) groups is 1. The Kier molecular flexibility index (Phi) is 30.8. The van der Waals surface area contributed by atoms with Crippen LogP contribution in [-0.4, -0.2) is 46.6 Å². The zero-order valence-electron chi connectivity index (χ0n) is 27.0. The normalized spacial score (nSPS) is 13.8. The SMILES string of the molecule is CCCCCCCCCCCCCCCCC(O)C(=O)NCC(CO)C(O)CCCCCCCCCCCCC. The van der Waals surface area contributed by atoms with Crippen LogP contribution in [0.25, 0.3) is 0 Å². The van der Waals surface area contributed by atoms with E-state index in [1.807, 2.05) is 0 Å². The molecule has 0 rings (SSSR count). The molecule has 0 radical (unpaired) electrons. The Hall–Kier alpha value is -0.650. The number of hydrogen-bond donors (Lipinski definition) is 4. The van der Waals surface area contributed by atoms with Crippen molar-refractivity contribution >= 4 is 5.91 Å². The van der Waals surface area contributed by atoms with Crippen LogP contribution in [0.2, 0.25) is 0 Å². The van der Waals surface area contributed by atoms with E-state index in [0.717, 1.165) is 25.7 Å². The molecule has 0 aliphatic heterocycles. The zero-order chi connectivity index (χ0) is 29.5. The van der Waals surface area contributed by atoms with Gasteiger partial charge in [-0.05, 0) is 12.8 Å². The summed E-state index contributed by atoms with van der Waals surface area (Å²) in [6.45, 7) is 4.57. The molecule has 40 heavy (non-hydrogen) atoms. The van der Waals surface area contributed by atoms with Crippen molar-refractivity contribution in [3.63, 3.8) is 0 Å². The quantitative estimate of drug-likeness (QED) is 0.0608. The van der Waals surface area contributed by atoms with Gasteiger partial charge in [0.25, 0.3) is 0 Å². The number of carbonyl (C=O) groups excluding carboxylic acids is 1. The first-order chi connectivity index (χ1) is 19.6. The van der Waals surface area contributed by atoms with Gasteiger partial charge in [0.1, 0.15) is 6.10 Å². The average Bonchev–Trinajstić information content (AvgIpc) is 2.96. The molecule has 0 saturated carbocycles. The minimum atomic E-state index is -1.000. The predicted molar refractivity (Wildman–Crippen MR) is 172 cm³/mol. The van der Waals surface area contributed by atoms with Crippen LogP contribution in [0.1, 0.15) is 187 Å². The van der Waals surface area contributed by atoms with E-state index in [-0.39, 0.29) is 25.0 Å². The highest BCUT2D eigenvalue weighted by Gasteiger charge is 2.21. The molecule has 0 heterocycles. The van der Waals surface area contributed by atoms with Crippen LogP contribution < -0.4 is 5.32 Å². The van der Waals surface area contributed by atoms with Gasteiger partial charge < -0.3 is 20.6 Å². The summed E-state index contributed by atoms with van der Waals surface area (Å²) in [7, 11) is 0. The maximum absolute atomic E-state index is 12.3. The molecule has 3 unspecified atom stereocenters. The van der Waals surface area contributed by atoms with Gasteiger partial charge >= 0.3 is 0 Å². The lowest BCUT2D eigenvalue weighted by Crippen LogP contribution is -2.41. The zero-order valence-corrected chi connectivity index (χ0v) is 27.0. The molecular weight excluding hydrogens is 498 g/mol. The van der Waals surface area contributed by atoms with Crippen LogP contribution >= 0.6 is 0 Å². The first kappa shape index (κ1) is 39.4. The van der Waals surface area contributed by atoms with Gasteiger partial charge in [-0.15, -0.1) is 0 Å². The first-order valence-electron chi connectivity index (χ1n) is 17.8. The van der Waals surface area contributed by atoms with E-state index in [1.165, 1.54) is 135 Å². The Morgan fingerprint density at radius 1 is 0.525 bits per heavy atom.